The van der Waals surface area contributed by atoms with Crippen molar-refractivity contribution in [2.45, 2.75) is 13.3 Å². The van der Waals surface area contributed by atoms with Crippen LogP contribution >= 0.6 is 0 Å². The van der Waals surface area contributed by atoms with Crippen LogP contribution in [0.5, 0.6) is 5.75 Å². The summed E-state index contributed by atoms with van der Waals surface area (Å²) in [6.45, 7) is 3.07. The molecule has 3 rings (SSSR count). The number of hydrogen-bond donors (Lipinski definition) is 0. The van der Waals surface area contributed by atoms with E-state index in [-0.39, 0.29) is 5.91 Å². The highest BCUT2D eigenvalue weighted by atomic mass is 16.5. The summed E-state index contributed by atoms with van der Waals surface area (Å²) in [5, 5.41) is 2.31. The first-order valence-electron chi connectivity index (χ1n) is 8.54. The number of benzene rings is 3. The molecule has 25 heavy (non-hydrogen) atoms. The van der Waals surface area contributed by atoms with Crippen molar-refractivity contribution >= 4 is 16.7 Å². The minimum absolute atomic E-state index is 0.102. The third-order valence-corrected chi connectivity index (χ3v) is 4.43. The Labute approximate surface area is 148 Å². The molecule has 0 aliphatic heterocycles. The zero-order valence-electron chi connectivity index (χ0n) is 14.7. The largest absolute Gasteiger partial charge is 0.491 e. The average molecular weight is 333 g/mol. The van der Waals surface area contributed by atoms with Crippen molar-refractivity contribution in [2.24, 2.45) is 0 Å². The van der Waals surface area contributed by atoms with Crippen molar-refractivity contribution in [1.82, 2.24) is 4.90 Å². The second-order valence-electron chi connectivity index (χ2n) is 6.24. The number of carbonyl (C=O) groups is 1. The van der Waals surface area contributed by atoms with Crippen LogP contribution in [0.3, 0.4) is 0 Å². The Morgan fingerprint density at radius 2 is 1.68 bits per heavy atom. The van der Waals surface area contributed by atoms with Gasteiger partial charge in [0.1, 0.15) is 12.4 Å². The van der Waals surface area contributed by atoms with E-state index < -0.39 is 0 Å². The third kappa shape index (κ3) is 4.18. The Balaban J connectivity index is 1.58. The van der Waals surface area contributed by atoms with Gasteiger partial charge < -0.3 is 9.64 Å². The fourth-order valence-electron chi connectivity index (χ4n) is 2.88. The van der Waals surface area contributed by atoms with Gasteiger partial charge in [0, 0.05) is 7.05 Å². The lowest BCUT2D eigenvalue weighted by Gasteiger charge is -2.18. The Morgan fingerprint density at radius 1 is 0.960 bits per heavy atom. The van der Waals surface area contributed by atoms with E-state index in [0.29, 0.717) is 19.6 Å². The highest BCUT2D eigenvalue weighted by Crippen LogP contribution is 2.19. The molecule has 0 aliphatic rings. The van der Waals surface area contributed by atoms with Crippen LogP contribution in [0.15, 0.2) is 66.7 Å². The van der Waals surface area contributed by atoms with Crippen LogP contribution in [0.4, 0.5) is 0 Å². The Bertz CT molecular complexity index is 867. The molecule has 3 aromatic carbocycles. The van der Waals surface area contributed by atoms with E-state index in [2.05, 4.69) is 18.2 Å². The minimum atomic E-state index is 0.102. The Kier molecular flexibility index (Phi) is 5.34. The SMILES string of the molecule is Cc1ccccc1OCCN(C)C(=O)Cc1cccc2ccccc12. The molecule has 0 aliphatic carbocycles. The molecule has 0 N–H and O–H groups in total. The summed E-state index contributed by atoms with van der Waals surface area (Å²) in [5.74, 6) is 0.974. The lowest BCUT2D eigenvalue weighted by Crippen LogP contribution is -2.32. The summed E-state index contributed by atoms with van der Waals surface area (Å²) < 4.78 is 5.78. The van der Waals surface area contributed by atoms with Crippen molar-refractivity contribution in [2.75, 3.05) is 20.2 Å². The van der Waals surface area contributed by atoms with Gasteiger partial charge in [0.05, 0.1) is 13.0 Å². The fourth-order valence-corrected chi connectivity index (χ4v) is 2.88. The van der Waals surface area contributed by atoms with Crippen LogP contribution in [-0.4, -0.2) is 31.0 Å². The van der Waals surface area contributed by atoms with Gasteiger partial charge >= 0.3 is 0 Å². The van der Waals surface area contributed by atoms with Gasteiger partial charge in [-0.05, 0) is 34.9 Å². The van der Waals surface area contributed by atoms with Gasteiger partial charge in [-0.1, -0.05) is 60.7 Å². The van der Waals surface area contributed by atoms with E-state index >= 15 is 0 Å². The second kappa shape index (κ2) is 7.84. The number of rotatable bonds is 6. The van der Waals surface area contributed by atoms with Crippen LogP contribution in [0.1, 0.15) is 11.1 Å². The first kappa shape index (κ1) is 17.0. The van der Waals surface area contributed by atoms with Gasteiger partial charge in [0.2, 0.25) is 5.91 Å². The molecule has 0 bridgehead atoms. The molecule has 3 nitrogen and oxygen atoms in total. The molecule has 0 atom stereocenters. The average Bonchev–Trinajstić information content (AvgIpc) is 2.63. The standard InChI is InChI=1S/C22H23NO2/c1-17-8-3-6-13-21(17)25-15-14-23(2)22(24)16-19-11-7-10-18-9-4-5-12-20(18)19/h3-13H,14-16H2,1-2H3. The monoisotopic (exact) mass is 333 g/mol. The second-order valence-corrected chi connectivity index (χ2v) is 6.24. The molecule has 0 saturated heterocycles. The van der Waals surface area contributed by atoms with Gasteiger partial charge in [-0.25, -0.2) is 0 Å². The number of aryl methyl sites for hydroxylation is 1. The van der Waals surface area contributed by atoms with Gasteiger partial charge in [-0.2, -0.15) is 0 Å². The zero-order valence-corrected chi connectivity index (χ0v) is 14.7. The summed E-state index contributed by atoms with van der Waals surface area (Å²) in [6, 6.07) is 22.2. The summed E-state index contributed by atoms with van der Waals surface area (Å²) in [4.78, 5) is 14.3. The number of likely N-dealkylation sites (N-methyl/N-ethyl adjacent to an activating group) is 1. The predicted molar refractivity (Wildman–Crippen MR) is 102 cm³/mol. The fraction of sp³-hybridized carbons (Fsp3) is 0.227. The number of nitrogens with zero attached hydrogens (tertiary/aromatic N) is 1. The smallest absolute Gasteiger partial charge is 0.226 e. The van der Waals surface area contributed by atoms with Crippen LogP contribution < -0.4 is 4.74 Å². The molecule has 0 fully saturated rings. The van der Waals surface area contributed by atoms with Gasteiger partial charge in [0.15, 0.2) is 0 Å². The highest BCUT2D eigenvalue weighted by Gasteiger charge is 2.12. The van der Waals surface area contributed by atoms with E-state index in [4.69, 9.17) is 4.74 Å². The van der Waals surface area contributed by atoms with Crippen molar-refractivity contribution in [3.05, 3.63) is 77.9 Å². The molecule has 0 saturated carbocycles. The maximum atomic E-state index is 12.5. The quantitative estimate of drug-likeness (QED) is 0.676. The summed E-state index contributed by atoms with van der Waals surface area (Å²) >= 11 is 0. The molecule has 128 valence electrons. The molecule has 3 aromatic rings. The number of ether oxygens (including phenoxy) is 1. The molecular formula is C22H23NO2. The molecular weight excluding hydrogens is 310 g/mol. The minimum Gasteiger partial charge on any atom is -0.491 e. The van der Waals surface area contributed by atoms with Crippen molar-refractivity contribution in [1.29, 1.82) is 0 Å². The van der Waals surface area contributed by atoms with E-state index in [9.17, 15) is 4.79 Å². The van der Waals surface area contributed by atoms with E-state index in [0.717, 1.165) is 22.3 Å². The molecule has 0 unspecified atom stereocenters. The topological polar surface area (TPSA) is 29.5 Å². The van der Waals surface area contributed by atoms with Gasteiger partial charge in [-0.3, -0.25) is 4.79 Å². The van der Waals surface area contributed by atoms with E-state index in [1.807, 2.05) is 62.5 Å². The third-order valence-electron chi connectivity index (χ3n) is 4.43. The number of amides is 1. The van der Waals surface area contributed by atoms with Crippen LogP contribution in [-0.2, 0) is 11.2 Å². The summed E-state index contributed by atoms with van der Waals surface area (Å²) in [6.07, 6.45) is 0.405. The Morgan fingerprint density at radius 3 is 2.52 bits per heavy atom. The number of hydrogen-bond acceptors (Lipinski definition) is 2. The van der Waals surface area contributed by atoms with E-state index in [1.54, 1.807) is 4.90 Å². The first-order chi connectivity index (χ1) is 12.1. The molecule has 0 spiro atoms. The lowest BCUT2D eigenvalue weighted by atomic mass is 10.0. The number of para-hydroxylation sites is 1. The molecule has 0 radical (unpaired) electrons. The van der Waals surface area contributed by atoms with Crippen molar-refractivity contribution in [3.63, 3.8) is 0 Å². The van der Waals surface area contributed by atoms with Gasteiger partial charge in [-0.15, -0.1) is 0 Å². The van der Waals surface area contributed by atoms with Crippen LogP contribution in [0, 0.1) is 6.92 Å². The normalized spacial score (nSPS) is 10.6. The molecule has 0 aromatic heterocycles. The maximum absolute atomic E-state index is 12.5. The Hall–Kier alpha value is -2.81. The molecule has 0 heterocycles. The van der Waals surface area contributed by atoms with Crippen LogP contribution in [0.2, 0.25) is 0 Å². The van der Waals surface area contributed by atoms with E-state index in [1.165, 1.54) is 5.39 Å². The summed E-state index contributed by atoms with van der Waals surface area (Å²) in [5.41, 5.74) is 2.17. The van der Waals surface area contributed by atoms with Crippen molar-refractivity contribution < 1.29 is 9.53 Å². The predicted octanol–water partition coefficient (Wildman–Crippen LogP) is 4.23. The number of carbonyl (C=O) groups excluding carboxylic acids is 1. The van der Waals surface area contributed by atoms with Crippen molar-refractivity contribution in [3.8, 4) is 5.75 Å². The first-order valence-corrected chi connectivity index (χ1v) is 8.54. The van der Waals surface area contributed by atoms with Gasteiger partial charge in [0.25, 0.3) is 0 Å². The maximum Gasteiger partial charge on any atom is 0.226 e. The zero-order chi connectivity index (χ0) is 17.6. The molecule has 1 amide bonds. The molecule has 3 heteroatoms. The lowest BCUT2D eigenvalue weighted by molar-refractivity contribution is -0.129. The summed E-state index contributed by atoms with van der Waals surface area (Å²) in [7, 11) is 1.83. The van der Waals surface area contributed by atoms with Crippen LogP contribution in [0.25, 0.3) is 10.8 Å². The number of fused-ring (bicyclic) bond motifs is 1. The highest BCUT2D eigenvalue weighted by molar-refractivity contribution is 5.90.